The molecule has 0 spiro atoms. The van der Waals surface area contributed by atoms with Crippen molar-refractivity contribution in [3.8, 4) is 0 Å². The first kappa shape index (κ1) is 17.7. The van der Waals surface area contributed by atoms with E-state index in [4.69, 9.17) is 0 Å². The third-order valence-electron chi connectivity index (χ3n) is 3.86. The van der Waals surface area contributed by atoms with E-state index in [9.17, 15) is 23.1 Å². The Morgan fingerprint density at radius 3 is 2.56 bits per heavy atom. The number of carbonyl (C=O) groups is 1. The monoisotopic (exact) mass is 356 g/mol. The molecule has 6 nitrogen and oxygen atoms in total. The summed E-state index contributed by atoms with van der Waals surface area (Å²) >= 11 is 0. The zero-order valence-corrected chi connectivity index (χ0v) is 13.9. The highest BCUT2D eigenvalue weighted by atomic mass is 19.4. The Labute approximate surface area is 142 Å². The van der Waals surface area contributed by atoms with Gasteiger partial charge < -0.3 is 5.11 Å². The van der Waals surface area contributed by atoms with Crippen LogP contribution in [0.3, 0.4) is 0 Å². The molecular formula is C16H19F3N4O2. The Kier molecular flexibility index (Phi) is 4.22. The third kappa shape index (κ3) is 4.28. The molecule has 0 atom stereocenters. The van der Waals surface area contributed by atoms with Crippen LogP contribution in [0.15, 0.2) is 12.1 Å². The molecule has 0 aromatic carbocycles. The average molecular weight is 356 g/mol. The first-order valence-electron chi connectivity index (χ1n) is 8.00. The number of rotatable bonds is 5. The van der Waals surface area contributed by atoms with Gasteiger partial charge in [-0.1, -0.05) is 0 Å². The lowest BCUT2D eigenvalue weighted by Gasteiger charge is -2.16. The minimum absolute atomic E-state index is 0.0975. The average Bonchev–Trinajstić information content (AvgIpc) is 3.19. The van der Waals surface area contributed by atoms with Crippen LogP contribution in [0.1, 0.15) is 38.8 Å². The van der Waals surface area contributed by atoms with Crippen LogP contribution < -0.4 is 5.32 Å². The standard InChI is InChI=1S/C16H19F3N4O2/c1-15(2,25)7-12(24)22-14-20-10-5-6-11(16(17,18)19)21-13(10)23(14)8-9-3-4-9/h5-6,9,25H,3-4,7-8H2,1-2H3,(H,20,22,24). The van der Waals surface area contributed by atoms with Crippen molar-refractivity contribution in [1.82, 2.24) is 14.5 Å². The number of hydrogen-bond donors (Lipinski definition) is 2. The summed E-state index contributed by atoms with van der Waals surface area (Å²) in [5.74, 6) is 0.0394. The highest BCUT2D eigenvalue weighted by Crippen LogP contribution is 2.34. The van der Waals surface area contributed by atoms with Gasteiger partial charge in [-0.3, -0.25) is 14.7 Å². The Morgan fingerprint density at radius 1 is 1.32 bits per heavy atom. The summed E-state index contributed by atoms with van der Waals surface area (Å²) in [6.07, 6.45) is -2.74. The quantitative estimate of drug-likeness (QED) is 0.863. The van der Waals surface area contributed by atoms with Crippen LogP contribution in [-0.4, -0.2) is 31.1 Å². The maximum Gasteiger partial charge on any atom is 0.433 e. The van der Waals surface area contributed by atoms with Crippen molar-refractivity contribution in [1.29, 1.82) is 0 Å². The summed E-state index contributed by atoms with van der Waals surface area (Å²) in [5.41, 5.74) is -1.81. The summed E-state index contributed by atoms with van der Waals surface area (Å²) in [5, 5.41) is 12.3. The van der Waals surface area contributed by atoms with E-state index in [2.05, 4.69) is 15.3 Å². The lowest BCUT2D eigenvalue weighted by atomic mass is 10.1. The van der Waals surface area contributed by atoms with Gasteiger partial charge in [0.2, 0.25) is 11.9 Å². The number of alkyl halides is 3. The summed E-state index contributed by atoms with van der Waals surface area (Å²) < 4.78 is 40.3. The maximum atomic E-state index is 12.9. The van der Waals surface area contributed by atoms with Gasteiger partial charge in [0, 0.05) is 6.54 Å². The van der Waals surface area contributed by atoms with E-state index in [1.807, 2.05) is 0 Å². The van der Waals surface area contributed by atoms with Crippen molar-refractivity contribution in [2.75, 3.05) is 5.32 Å². The smallest absolute Gasteiger partial charge is 0.390 e. The van der Waals surface area contributed by atoms with E-state index < -0.39 is 23.4 Å². The second-order valence-corrected chi connectivity index (χ2v) is 7.06. The normalized spacial score (nSPS) is 15.6. The van der Waals surface area contributed by atoms with Crippen LogP contribution in [0.5, 0.6) is 0 Å². The first-order chi connectivity index (χ1) is 11.5. The Morgan fingerprint density at radius 2 is 2.00 bits per heavy atom. The van der Waals surface area contributed by atoms with Gasteiger partial charge in [-0.15, -0.1) is 0 Å². The molecule has 1 aliphatic rings. The van der Waals surface area contributed by atoms with E-state index in [0.717, 1.165) is 18.9 Å². The van der Waals surface area contributed by atoms with Crippen molar-refractivity contribution in [3.63, 3.8) is 0 Å². The largest absolute Gasteiger partial charge is 0.433 e. The number of halogens is 3. The minimum Gasteiger partial charge on any atom is -0.390 e. The topological polar surface area (TPSA) is 80.0 Å². The molecule has 0 saturated heterocycles. The van der Waals surface area contributed by atoms with E-state index in [-0.39, 0.29) is 23.5 Å². The van der Waals surface area contributed by atoms with Gasteiger partial charge in [0.1, 0.15) is 11.2 Å². The molecule has 2 N–H and O–H groups in total. The van der Waals surface area contributed by atoms with Crippen molar-refractivity contribution in [2.45, 2.75) is 51.4 Å². The van der Waals surface area contributed by atoms with Gasteiger partial charge in [-0.25, -0.2) is 9.97 Å². The molecule has 2 aromatic rings. The highest BCUT2D eigenvalue weighted by Gasteiger charge is 2.34. The van der Waals surface area contributed by atoms with Crippen LogP contribution >= 0.6 is 0 Å². The zero-order chi connectivity index (χ0) is 18.4. The van der Waals surface area contributed by atoms with E-state index >= 15 is 0 Å². The molecule has 1 amide bonds. The van der Waals surface area contributed by atoms with Crippen molar-refractivity contribution < 1.29 is 23.1 Å². The van der Waals surface area contributed by atoms with Gasteiger partial charge in [0.25, 0.3) is 0 Å². The SMILES string of the molecule is CC(C)(O)CC(=O)Nc1nc2ccc(C(F)(F)F)nc2n1CC1CC1. The number of pyridine rings is 1. The van der Waals surface area contributed by atoms with E-state index in [1.54, 1.807) is 0 Å². The number of amides is 1. The van der Waals surface area contributed by atoms with Crippen LogP contribution in [0.25, 0.3) is 11.2 Å². The Balaban J connectivity index is 1.97. The number of fused-ring (bicyclic) bond motifs is 1. The van der Waals surface area contributed by atoms with Crippen LogP contribution in [0.2, 0.25) is 0 Å². The Bertz CT molecular complexity index is 804. The zero-order valence-electron chi connectivity index (χ0n) is 13.9. The van der Waals surface area contributed by atoms with Crippen molar-refractivity contribution in [3.05, 3.63) is 17.8 Å². The Hall–Kier alpha value is -2.16. The molecule has 3 rings (SSSR count). The minimum atomic E-state index is -4.55. The van der Waals surface area contributed by atoms with Crippen molar-refractivity contribution >= 4 is 23.0 Å². The van der Waals surface area contributed by atoms with Gasteiger partial charge in [-0.05, 0) is 44.7 Å². The van der Waals surface area contributed by atoms with Gasteiger partial charge in [0.15, 0.2) is 5.65 Å². The number of hydrogen-bond acceptors (Lipinski definition) is 4. The molecular weight excluding hydrogens is 337 g/mol. The van der Waals surface area contributed by atoms with Gasteiger partial charge in [-0.2, -0.15) is 13.2 Å². The van der Waals surface area contributed by atoms with Crippen molar-refractivity contribution in [2.24, 2.45) is 5.92 Å². The first-order valence-corrected chi connectivity index (χ1v) is 8.00. The highest BCUT2D eigenvalue weighted by molar-refractivity contribution is 5.91. The number of imidazole rings is 1. The number of aromatic nitrogens is 3. The fourth-order valence-corrected chi connectivity index (χ4v) is 2.55. The summed E-state index contributed by atoms with van der Waals surface area (Å²) in [4.78, 5) is 20.0. The number of nitrogens with zero attached hydrogens (tertiary/aromatic N) is 3. The molecule has 2 heterocycles. The second-order valence-electron chi connectivity index (χ2n) is 7.06. The molecule has 1 saturated carbocycles. The number of carbonyl (C=O) groups excluding carboxylic acids is 1. The molecule has 9 heteroatoms. The number of anilines is 1. The molecule has 2 aromatic heterocycles. The molecule has 0 aliphatic heterocycles. The molecule has 0 bridgehead atoms. The number of nitrogens with one attached hydrogen (secondary N) is 1. The van der Waals surface area contributed by atoms with Crippen LogP contribution in [0, 0.1) is 5.92 Å². The number of aliphatic hydroxyl groups is 1. The molecule has 25 heavy (non-hydrogen) atoms. The fraction of sp³-hybridized carbons (Fsp3) is 0.562. The second kappa shape index (κ2) is 5.98. The van der Waals surface area contributed by atoms with Crippen LogP contribution in [-0.2, 0) is 17.5 Å². The van der Waals surface area contributed by atoms with E-state index in [0.29, 0.717) is 12.5 Å². The van der Waals surface area contributed by atoms with Gasteiger partial charge >= 0.3 is 6.18 Å². The molecule has 1 aliphatic carbocycles. The predicted molar refractivity (Wildman–Crippen MR) is 84.8 cm³/mol. The lowest BCUT2D eigenvalue weighted by molar-refractivity contribution is -0.141. The summed E-state index contributed by atoms with van der Waals surface area (Å²) in [6.45, 7) is 3.44. The molecule has 1 fully saturated rings. The lowest BCUT2D eigenvalue weighted by Crippen LogP contribution is -2.28. The molecule has 0 unspecified atom stereocenters. The van der Waals surface area contributed by atoms with E-state index in [1.165, 1.54) is 24.5 Å². The molecule has 0 radical (unpaired) electrons. The van der Waals surface area contributed by atoms with Crippen LogP contribution in [0.4, 0.5) is 19.1 Å². The van der Waals surface area contributed by atoms with Gasteiger partial charge in [0.05, 0.1) is 12.0 Å². The summed E-state index contributed by atoms with van der Waals surface area (Å²) in [6, 6.07) is 2.12. The summed E-state index contributed by atoms with van der Waals surface area (Å²) in [7, 11) is 0. The predicted octanol–water partition coefficient (Wildman–Crippen LogP) is 2.96. The maximum absolute atomic E-state index is 12.9. The molecule has 136 valence electrons. The fourth-order valence-electron chi connectivity index (χ4n) is 2.55. The third-order valence-corrected chi connectivity index (χ3v) is 3.86.